The van der Waals surface area contributed by atoms with Crippen LogP contribution < -0.4 is 5.32 Å². The molecule has 0 aliphatic heterocycles. The molecule has 6 nitrogen and oxygen atoms in total. The second kappa shape index (κ2) is 7.90. The summed E-state index contributed by atoms with van der Waals surface area (Å²) < 4.78 is 2.86. The van der Waals surface area contributed by atoms with E-state index in [9.17, 15) is 4.79 Å². The maximum absolute atomic E-state index is 12.4. The molecule has 0 spiro atoms. The molecule has 0 fully saturated rings. The Hall–Kier alpha value is -2.42. The molecule has 2 aromatic carbocycles. The molecule has 28 heavy (non-hydrogen) atoms. The minimum absolute atomic E-state index is 0.141. The van der Waals surface area contributed by atoms with Crippen molar-refractivity contribution in [3.63, 3.8) is 0 Å². The molecule has 2 heterocycles. The lowest BCUT2D eigenvalue weighted by atomic mass is 10.2. The van der Waals surface area contributed by atoms with Crippen molar-refractivity contribution >= 4 is 56.0 Å². The van der Waals surface area contributed by atoms with E-state index in [0.29, 0.717) is 15.3 Å². The summed E-state index contributed by atoms with van der Waals surface area (Å²) in [5.74, 6) is 0.0602. The molecule has 2 aromatic heterocycles. The van der Waals surface area contributed by atoms with Crippen molar-refractivity contribution in [3.8, 4) is 5.69 Å². The number of aromatic nitrogens is 4. The van der Waals surface area contributed by atoms with Crippen LogP contribution in [0.2, 0.25) is 5.02 Å². The summed E-state index contributed by atoms with van der Waals surface area (Å²) in [5.41, 5.74) is 3.90. The van der Waals surface area contributed by atoms with Crippen molar-refractivity contribution in [2.75, 3.05) is 11.1 Å². The molecule has 0 aliphatic rings. The number of thioether (sulfide) groups is 1. The second-order valence-electron chi connectivity index (χ2n) is 6.24. The van der Waals surface area contributed by atoms with Gasteiger partial charge in [0.2, 0.25) is 5.91 Å². The van der Waals surface area contributed by atoms with Crippen LogP contribution in [0.1, 0.15) is 11.1 Å². The molecule has 0 saturated heterocycles. The van der Waals surface area contributed by atoms with Gasteiger partial charge >= 0.3 is 0 Å². The van der Waals surface area contributed by atoms with Crippen LogP contribution in [-0.4, -0.2) is 31.4 Å². The Morgan fingerprint density at radius 2 is 2.11 bits per heavy atom. The molecule has 4 aromatic rings. The number of halogens is 1. The maximum atomic E-state index is 12.4. The van der Waals surface area contributed by atoms with Gasteiger partial charge in [0.25, 0.3) is 0 Å². The van der Waals surface area contributed by atoms with Gasteiger partial charge < -0.3 is 5.32 Å². The molecule has 142 valence electrons. The predicted octanol–water partition coefficient (Wildman–Crippen LogP) is 4.88. The van der Waals surface area contributed by atoms with Gasteiger partial charge in [-0.05, 0) is 49.2 Å². The van der Waals surface area contributed by atoms with Gasteiger partial charge in [-0.1, -0.05) is 46.8 Å². The van der Waals surface area contributed by atoms with Crippen LogP contribution in [0, 0.1) is 13.8 Å². The van der Waals surface area contributed by atoms with E-state index < -0.39 is 0 Å². The van der Waals surface area contributed by atoms with Crippen LogP contribution in [0.25, 0.3) is 15.9 Å². The number of nitrogens with one attached hydrogen (secondary N) is 1. The predicted molar refractivity (Wildman–Crippen MR) is 115 cm³/mol. The van der Waals surface area contributed by atoms with Crippen LogP contribution in [0.5, 0.6) is 0 Å². The number of carbonyl (C=O) groups is 1. The maximum Gasteiger partial charge on any atom is 0.236 e. The zero-order valence-electron chi connectivity index (χ0n) is 15.1. The fourth-order valence-electron chi connectivity index (χ4n) is 2.60. The number of rotatable bonds is 5. The Labute approximate surface area is 175 Å². The Morgan fingerprint density at radius 1 is 1.25 bits per heavy atom. The van der Waals surface area contributed by atoms with Crippen LogP contribution >= 0.6 is 34.7 Å². The smallest absolute Gasteiger partial charge is 0.236 e. The Bertz CT molecular complexity index is 1170. The highest BCUT2D eigenvalue weighted by Crippen LogP contribution is 2.27. The lowest BCUT2D eigenvalue weighted by Crippen LogP contribution is -2.14. The highest BCUT2D eigenvalue weighted by atomic mass is 35.5. The fraction of sp³-hybridized carbons (Fsp3) is 0.158. The van der Waals surface area contributed by atoms with Crippen molar-refractivity contribution in [1.82, 2.24) is 19.7 Å². The summed E-state index contributed by atoms with van der Waals surface area (Å²) >= 11 is 8.99. The summed E-state index contributed by atoms with van der Waals surface area (Å²) in [6.45, 7) is 3.98. The third-order valence-corrected chi connectivity index (χ3v) is 6.36. The highest BCUT2D eigenvalue weighted by Gasteiger charge is 2.13. The number of benzene rings is 2. The van der Waals surface area contributed by atoms with Gasteiger partial charge in [0.15, 0.2) is 10.3 Å². The zero-order valence-corrected chi connectivity index (χ0v) is 17.5. The van der Waals surface area contributed by atoms with Gasteiger partial charge in [0, 0.05) is 5.02 Å². The summed E-state index contributed by atoms with van der Waals surface area (Å²) in [4.78, 5) is 16.8. The van der Waals surface area contributed by atoms with Gasteiger partial charge in [0.05, 0.1) is 21.7 Å². The van der Waals surface area contributed by atoms with E-state index in [1.807, 2.05) is 48.7 Å². The van der Waals surface area contributed by atoms with Gasteiger partial charge in [-0.15, -0.1) is 10.2 Å². The molecule has 0 atom stereocenters. The van der Waals surface area contributed by atoms with Crippen molar-refractivity contribution in [2.45, 2.75) is 19.0 Å². The first kappa shape index (κ1) is 18.9. The normalized spacial score (nSPS) is 11.1. The standard InChI is InChI=1S/C19H16ClN5OS2/c1-11-3-6-15-16(7-11)28-18(22-15)23-17(26)9-27-19-24-21-10-25(19)13-5-4-12(2)14(20)8-13/h3-8,10H,9H2,1-2H3,(H,22,23,26). The molecule has 0 bridgehead atoms. The minimum Gasteiger partial charge on any atom is -0.301 e. The summed E-state index contributed by atoms with van der Waals surface area (Å²) in [7, 11) is 0. The van der Waals surface area contributed by atoms with Gasteiger partial charge in [-0.3, -0.25) is 9.36 Å². The van der Waals surface area contributed by atoms with E-state index in [1.54, 1.807) is 6.33 Å². The summed E-state index contributed by atoms with van der Waals surface area (Å²) in [6, 6.07) is 11.8. The van der Waals surface area contributed by atoms with E-state index in [4.69, 9.17) is 11.6 Å². The van der Waals surface area contributed by atoms with Crippen LogP contribution in [0.4, 0.5) is 5.13 Å². The number of hydrogen-bond acceptors (Lipinski definition) is 6. The molecular formula is C19H16ClN5OS2. The number of amides is 1. The average Bonchev–Trinajstić information content (AvgIpc) is 3.28. The highest BCUT2D eigenvalue weighted by molar-refractivity contribution is 7.99. The number of thiazole rings is 1. The van der Waals surface area contributed by atoms with Crippen LogP contribution in [0.15, 0.2) is 47.9 Å². The SMILES string of the molecule is Cc1ccc2nc(NC(=O)CSc3nncn3-c3ccc(C)c(Cl)c3)sc2c1. The molecule has 1 N–H and O–H groups in total. The summed E-state index contributed by atoms with van der Waals surface area (Å²) in [5, 5.41) is 12.8. The Kier molecular flexibility index (Phi) is 5.34. The Morgan fingerprint density at radius 3 is 2.93 bits per heavy atom. The van der Waals surface area contributed by atoms with Gasteiger partial charge in [-0.2, -0.15) is 0 Å². The quantitative estimate of drug-likeness (QED) is 0.458. The average molecular weight is 430 g/mol. The number of hydrogen-bond donors (Lipinski definition) is 1. The monoisotopic (exact) mass is 429 g/mol. The number of anilines is 1. The first-order valence-electron chi connectivity index (χ1n) is 8.46. The molecule has 0 saturated carbocycles. The third kappa shape index (κ3) is 4.04. The molecule has 0 unspecified atom stereocenters. The number of carbonyl (C=O) groups excluding carboxylic acids is 1. The number of aryl methyl sites for hydroxylation is 2. The van der Waals surface area contributed by atoms with E-state index in [1.165, 1.54) is 28.7 Å². The molecule has 1 amide bonds. The number of nitrogens with zero attached hydrogens (tertiary/aromatic N) is 4. The topological polar surface area (TPSA) is 72.7 Å². The van der Waals surface area contributed by atoms with Crippen molar-refractivity contribution < 1.29 is 4.79 Å². The van der Waals surface area contributed by atoms with Gasteiger partial charge in [-0.25, -0.2) is 4.98 Å². The first-order valence-corrected chi connectivity index (χ1v) is 10.6. The van der Waals surface area contributed by atoms with Crippen LogP contribution in [0.3, 0.4) is 0 Å². The fourth-order valence-corrected chi connectivity index (χ4v) is 4.49. The minimum atomic E-state index is -0.141. The second-order valence-corrected chi connectivity index (χ2v) is 8.62. The van der Waals surface area contributed by atoms with E-state index in [2.05, 4.69) is 26.6 Å². The van der Waals surface area contributed by atoms with E-state index in [-0.39, 0.29) is 11.7 Å². The van der Waals surface area contributed by atoms with E-state index >= 15 is 0 Å². The van der Waals surface area contributed by atoms with Crippen LogP contribution in [-0.2, 0) is 4.79 Å². The summed E-state index contributed by atoms with van der Waals surface area (Å²) in [6.07, 6.45) is 1.61. The molecule has 0 aliphatic carbocycles. The Balaban J connectivity index is 1.43. The van der Waals surface area contributed by atoms with E-state index in [0.717, 1.165) is 21.5 Å². The van der Waals surface area contributed by atoms with Gasteiger partial charge in [0.1, 0.15) is 6.33 Å². The largest absolute Gasteiger partial charge is 0.301 e. The van der Waals surface area contributed by atoms with Crippen molar-refractivity contribution in [2.24, 2.45) is 0 Å². The first-order chi connectivity index (χ1) is 13.5. The molecular weight excluding hydrogens is 414 g/mol. The number of fused-ring (bicyclic) bond motifs is 1. The zero-order chi connectivity index (χ0) is 19.7. The van der Waals surface area contributed by atoms with Crippen molar-refractivity contribution in [3.05, 3.63) is 58.9 Å². The lowest BCUT2D eigenvalue weighted by molar-refractivity contribution is -0.113. The third-order valence-electron chi connectivity index (χ3n) is 4.07. The molecule has 9 heteroatoms. The molecule has 0 radical (unpaired) electrons. The lowest BCUT2D eigenvalue weighted by Gasteiger charge is -2.07. The van der Waals surface area contributed by atoms with Crippen molar-refractivity contribution in [1.29, 1.82) is 0 Å². The molecule has 4 rings (SSSR count).